The molecule has 13 heteroatoms. The van der Waals surface area contributed by atoms with Gasteiger partial charge in [0.25, 0.3) is 0 Å². The topological polar surface area (TPSA) is 173 Å². The smallest absolute Gasteiger partial charge is 0.239 e. The average molecular weight is 677 g/mol. The molecule has 8 aromatic rings. The minimum absolute atomic E-state index is 0.378. The first-order chi connectivity index (χ1) is 24.7. The van der Waals surface area contributed by atoms with E-state index in [9.17, 15) is 0 Å². The van der Waals surface area contributed by atoms with E-state index < -0.39 is 0 Å². The Balaban J connectivity index is 0.000000159. The van der Waals surface area contributed by atoms with Crippen molar-refractivity contribution in [2.45, 2.75) is 20.8 Å². The maximum Gasteiger partial charge on any atom is 0.239 e. The average Bonchev–Trinajstić information content (AvgIpc) is 3.64. The summed E-state index contributed by atoms with van der Waals surface area (Å²) in [6, 6.07) is 34.8. The molecule has 0 amide bonds. The number of aromatic nitrogens is 8. The number of imidazole rings is 2. The first kappa shape index (κ1) is 32.5. The van der Waals surface area contributed by atoms with E-state index in [-0.39, 0.29) is 0 Å². The third kappa shape index (κ3) is 7.08. The van der Waals surface area contributed by atoms with Crippen molar-refractivity contribution >= 4 is 56.7 Å². The molecule has 4 aromatic carbocycles. The van der Waals surface area contributed by atoms with Gasteiger partial charge in [-0.15, -0.1) is 0 Å². The van der Waals surface area contributed by atoms with Gasteiger partial charge in [0.1, 0.15) is 40.7 Å². The zero-order valence-corrected chi connectivity index (χ0v) is 28.5. The van der Waals surface area contributed by atoms with Crippen molar-refractivity contribution in [2.24, 2.45) is 0 Å². The summed E-state index contributed by atoms with van der Waals surface area (Å²) in [5.41, 5.74) is 18.7. The van der Waals surface area contributed by atoms with Crippen molar-refractivity contribution in [3.05, 3.63) is 126 Å². The molecule has 0 unspecified atom stereocenters. The lowest BCUT2D eigenvalue weighted by atomic mass is 10.2. The van der Waals surface area contributed by atoms with Crippen molar-refractivity contribution in [3.8, 4) is 17.6 Å². The molecule has 0 saturated carbocycles. The molecule has 51 heavy (non-hydrogen) atoms. The summed E-state index contributed by atoms with van der Waals surface area (Å²) >= 11 is 0. The van der Waals surface area contributed by atoms with Crippen LogP contribution in [0.15, 0.2) is 109 Å². The van der Waals surface area contributed by atoms with Crippen LogP contribution in [0.4, 0.5) is 34.6 Å². The first-order valence-corrected chi connectivity index (χ1v) is 16.2. The van der Waals surface area contributed by atoms with Gasteiger partial charge in [-0.25, -0.2) is 9.97 Å². The van der Waals surface area contributed by atoms with Crippen LogP contribution in [0.5, 0.6) is 5.75 Å². The molecule has 254 valence electrons. The summed E-state index contributed by atoms with van der Waals surface area (Å²) in [5.74, 6) is 5.41. The zero-order valence-electron chi connectivity index (χ0n) is 28.5. The van der Waals surface area contributed by atoms with Crippen LogP contribution >= 0.6 is 0 Å². The highest BCUT2D eigenvalue weighted by molar-refractivity contribution is 5.78. The molecule has 0 aliphatic heterocycles. The molecule has 6 N–H and O–H groups in total. The monoisotopic (exact) mass is 676 g/mol. The molecule has 13 nitrogen and oxygen atoms in total. The number of nitrogens with one attached hydrogen (secondary N) is 2. The fraction of sp³-hybridized carbons (Fsp3) is 0.105. The van der Waals surface area contributed by atoms with Gasteiger partial charge in [0.2, 0.25) is 11.9 Å². The summed E-state index contributed by atoms with van der Waals surface area (Å²) in [5, 5.41) is 6.52. The summed E-state index contributed by atoms with van der Waals surface area (Å²) in [4.78, 5) is 27.1. The summed E-state index contributed by atoms with van der Waals surface area (Å²) < 4.78 is 8.98. The van der Waals surface area contributed by atoms with Crippen molar-refractivity contribution in [3.63, 3.8) is 0 Å². The van der Waals surface area contributed by atoms with E-state index in [1.54, 1.807) is 19.2 Å². The summed E-state index contributed by atoms with van der Waals surface area (Å²) in [6.45, 7) is 5.90. The van der Waals surface area contributed by atoms with Gasteiger partial charge in [-0.3, -0.25) is 9.13 Å². The number of hydrogen-bond donors (Lipinski definition) is 4. The Bertz CT molecular complexity index is 2470. The standard InChI is InChI=1S/C19H18N6O.C19H18N6/c1-12-21-15-5-3-4-6-16(15)25(12)19-23-17(20)11-18(24-19)22-13-7-9-14(26-2)10-8-13;1-12-7-9-14(10-8-12)22-18-11-17(20)23-19(24-18)25-13(2)21-15-5-3-4-6-16(15)25/h3-11H,1-2H3,(H3,20,22,23,24);3-11H,1-2H3,(H3,20,22,23,24). The molecule has 0 atom stereocenters. The van der Waals surface area contributed by atoms with Crippen LogP contribution in [0.3, 0.4) is 0 Å². The number of para-hydroxylation sites is 4. The van der Waals surface area contributed by atoms with Gasteiger partial charge in [0, 0.05) is 23.5 Å². The second-order valence-electron chi connectivity index (χ2n) is 11.8. The van der Waals surface area contributed by atoms with E-state index in [4.69, 9.17) is 16.2 Å². The predicted octanol–water partition coefficient (Wildman–Crippen LogP) is 7.22. The number of hydrogen-bond acceptors (Lipinski definition) is 11. The summed E-state index contributed by atoms with van der Waals surface area (Å²) in [6.07, 6.45) is 0. The number of aryl methyl sites for hydroxylation is 3. The largest absolute Gasteiger partial charge is 0.497 e. The maximum absolute atomic E-state index is 6.01. The van der Waals surface area contributed by atoms with Crippen LogP contribution in [0.2, 0.25) is 0 Å². The van der Waals surface area contributed by atoms with E-state index in [2.05, 4.69) is 47.5 Å². The Kier molecular flexibility index (Phi) is 8.83. The van der Waals surface area contributed by atoms with E-state index in [1.807, 2.05) is 120 Å². The van der Waals surface area contributed by atoms with Gasteiger partial charge in [-0.1, -0.05) is 42.0 Å². The molecule has 0 aliphatic carbocycles. The van der Waals surface area contributed by atoms with Gasteiger partial charge < -0.3 is 26.8 Å². The number of methoxy groups -OCH3 is 1. The lowest BCUT2D eigenvalue weighted by molar-refractivity contribution is 0.415. The van der Waals surface area contributed by atoms with Crippen molar-refractivity contribution in [1.29, 1.82) is 0 Å². The number of nitrogens with two attached hydrogens (primary N) is 2. The maximum atomic E-state index is 6.01. The van der Waals surface area contributed by atoms with E-state index in [0.717, 1.165) is 50.8 Å². The zero-order chi connectivity index (χ0) is 35.5. The molecule has 0 bridgehead atoms. The van der Waals surface area contributed by atoms with E-state index in [0.29, 0.717) is 35.2 Å². The van der Waals surface area contributed by atoms with E-state index >= 15 is 0 Å². The Hall–Kier alpha value is -7.02. The minimum atomic E-state index is 0.378. The number of fused-ring (bicyclic) bond motifs is 2. The molecule has 0 aliphatic rings. The molecule has 8 rings (SSSR count). The lowest BCUT2D eigenvalue weighted by Crippen LogP contribution is -2.07. The third-order valence-corrected chi connectivity index (χ3v) is 8.01. The van der Waals surface area contributed by atoms with E-state index in [1.165, 1.54) is 5.56 Å². The Morgan fingerprint density at radius 1 is 0.529 bits per heavy atom. The van der Waals surface area contributed by atoms with Crippen LogP contribution in [0.1, 0.15) is 17.2 Å². The van der Waals surface area contributed by atoms with Crippen LogP contribution < -0.4 is 26.8 Å². The third-order valence-electron chi connectivity index (χ3n) is 8.01. The van der Waals surface area contributed by atoms with Crippen LogP contribution in [0, 0.1) is 20.8 Å². The Morgan fingerprint density at radius 2 is 0.961 bits per heavy atom. The number of benzene rings is 4. The van der Waals surface area contributed by atoms with Crippen LogP contribution in [0.25, 0.3) is 34.0 Å². The normalized spacial score (nSPS) is 10.9. The first-order valence-electron chi connectivity index (χ1n) is 16.2. The minimum Gasteiger partial charge on any atom is -0.497 e. The molecule has 0 saturated heterocycles. The highest BCUT2D eigenvalue weighted by atomic mass is 16.5. The van der Waals surface area contributed by atoms with Crippen molar-refractivity contribution in [1.82, 2.24) is 39.0 Å². The van der Waals surface area contributed by atoms with Gasteiger partial charge in [-0.05, 0) is 81.4 Å². The van der Waals surface area contributed by atoms with Gasteiger partial charge in [0.15, 0.2) is 0 Å². The van der Waals surface area contributed by atoms with Crippen molar-refractivity contribution in [2.75, 3.05) is 29.2 Å². The highest BCUT2D eigenvalue weighted by Gasteiger charge is 2.14. The quantitative estimate of drug-likeness (QED) is 0.134. The summed E-state index contributed by atoms with van der Waals surface area (Å²) in [7, 11) is 1.64. The molecule has 4 aromatic heterocycles. The van der Waals surface area contributed by atoms with Crippen molar-refractivity contribution < 1.29 is 4.74 Å². The van der Waals surface area contributed by atoms with Gasteiger partial charge in [-0.2, -0.15) is 19.9 Å². The second kappa shape index (κ2) is 13.8. The number of nitrogen functional groups attached to an aromatic ring is 2. The molecule has 0 spiro atoms. The molecule has 0 fully saturated rings. The number of nitrogens with zero attached hydrogens (tertiary/aromatic N) is 8. The Morgan fingerprint density at radius 3 is 1.41 bits per heavy atom. The predicted molar refractivity (Wildman–Crippen MR) is 202 cm³/mol. The van der Waals surface area contributed by atoms with Gasteiger partial charge in [0.05, 0.1) is 29.2 Å². The number of ether oxygens (including phenoxy) is 1. The molecular formula is C38H36N12O. The number of anilines is 6. The fourth-order valence-electron chi connectivity index (χ4n) is 5.64. The molecule has 0 radical (unpaired) electrons. The Labute approximate surface area is 294 Å². The fourth-order valence-corrected chi connectivity index (χ4v) is 5.64. The SMILES string of the molecule is COc1ccc(Nc2cc(N)nc(-n3c(C)nc4ccccc43)n2)cc1.Cc1ccc(Nc2cc(N)nc(-n3c(C)nc4ccccc43)n2)cc1. The highest BCUT2D eigenvalue weighted by Crippen LogP contribution is 2.25. The van der Waals surface area contributed by atoms with Crippen LogP contribution in [-0.4, -0.2) is 46.1 Å². The molecule has 4 heterocycles. The van der Waals surface area contributed by atoms with Crippen LogP contribution in [-0.2, 0) is 0 Å². The molecular weight excluding hydrogens is 641 g/mol. The number of rotatable bonds is 7. The van der Waals surface area contributed by atoms with Gasteiger partial charge >= 0.3 is 0 Å². The lowest BCUT2D eigenvalue weighted by Gasteiger charge is -2.10. The second-order valence-corrected chi connectivity index (χ2v) is 11.8.